The summed E-state index contributed by atoms with van der Waals surface area (Å²) in [6.07, 6.45) is -0.327. The van der Waals surface area contributed by atoms with E-state index in [0.29, 0.717) is 25.6 Å². The van der Waals surface area contributed by atoms with Crippen molar-refractivity contribution in [1.82, 2.24) is 25.8 Å². The molecule has 0 aromatic heterocycles. The summed E-state index contributed by atoms with van der Waals surface area (Å²) < 4.78 is 5.30. The Morgan fingerprint density at radius 1 is 1.36 bits per heavy atom. The summed E-state index contributed by atoms with van der Waals surface area (Å²) in [6, 6.07) is -0.294. The molecule has 2 heterocycles. The highest BCUT2D eigenvalue weighted by molar-refractivity contribution is 6.01. The van der Waals surface area contributed by atoms with E-state index in [9.17, 15) is 14.4 Å². The third-order valence-corrected chi connectivity index (χ3v) is 3.66. The minimum absolute atomic E-state index is 0.0500. The lowest BCUT2D eigenvalue weighted by Crippen LogP contribution is -2.63. The molecular formula is C15H26N6O4. The molecule has 10 heteroatoms. The number of rotatable bonds is 4. The van der Waals surface area contributed by atoms with Crippen LogP contribution in [0.2, 0.25) is 0 Å². The molecule has 0 atom stereocenters. The van der Waals surface area contributed by atoms with E-state index < -0.39 is 5.60 Å². The summed E-state index contributed by atoms with van der Waals surface area (Å²) in [7, 11) is 1.63. The van der Waals surface area contributed by atoms with E-state index in [2.05, 4.69) is 20.9 Å². The lowest BCUT2D eigenvalue weighted by atomic mass is 10.1. The van der Waals surface area contributed by atoms with Crippen LogP contribution >= 0.6 is 0 Å². The Kier molecular flexibility index (Phi) is 5.70. The summed E-state index contributed by atoms with van der Waals surface area (Å²) in [5, 5.41) is 8.70. The number of hydrogen-bond donors (Lipinski definition) is 3. The molecule has 0 saturated carbocycles. The van der Waals surface area contributed by atoms with Gasteiger partial charge in [-0.3, -0.25) is 14.7 Å². The molecule has 140 valence electrons. The first-order valence-corrected chi connectivity index (χ1v) is 8.23. The minimum Gasteiger partial charge on any atom is -0.444 e. The van der Waals surface area contributed by atoms with Gasteiger partial charge in [0.25, 0.3) is 0 Å². The van der Waals surface area contributed by atoms with Gasteiger partial charge in [0, 0.05) is 33.2 Å². The van der Waals surface area contributed by atoms with Gasteiger partial charge >= 0.3 is 12.1 Å². The molecule has 25 heavy (non-hydrogen) atoms. The molecule has 0 bridgehead atoms. The van der Waals surface area contributed by atoms with Crippen molar-refractivity contribution in [2.75, 3.05) is 39.8 Å². The van der Waals surface area contributed by atoms with Gasteiger partial charge in [0.15, 0.2) is 5.96 Å². The lowest BCUT2D eigenvalue weighted by Gasteiger charge is -2.40. The first-order chi connectivity index (χ1) is 11.7. The Hall–Kier alpha value is -2.52. The quantitative estimate of drug-likeness (QED) is 0.350. The number of carbonyl (C=O) groups is 3. The second kappa shape index (κ2) is 7.58. The van der Waals surface area contributed by atoms with Crippen LogP contribution in [-0.4, -0.2) is 85.2 Å². The number of ether oxygens (including phenoxy) is 1. The van der Waals surface area contributed by atoms with Gasteiger partial charge in [-0.1, -0.05) is 0 Å². The summed E-state index contributed by atoms with van der Waals surface area (Å²) >= 11 is 0. The number of nitrogens with zero attached hydrogens (tertiary/aromatic N) is 3. The molecule has 0 unspecified atom stereocenters. The highest BCUT2D eigenvalue weighted by Gasteiger charge is 2.34. The van der Waals surface area contributed by atoms with E-state index in [0.717, 1.165) is 4.90 Å². The monoisotopic (exact) mass is 354 g/mol. The maximum Gasteiger partial charge on any atom is 0.410 e. The zero-order valence-corrected chi connectivity index (χ0v) is 15.1. The van der Waals surface area contributed by atoms with Crippen LogP contribution in [0.25, 0.3) is 0 Å². The lowest BCUT2D eigenvalue weighted by molar-refractivity contribution is -0.124. The van der Waals surface area contributed by atoms with Gasteiger partial charge in [-0.15, -0.1) is 0 Å². The molecular weight excluding hydrogens is 328 g/mol. The number of amides is 4. The molecule has 10 nitrogen and oxygen atoms in total. The molecule has 4 amide bonds. The number of carbonyl (C=O) groups excluding carboxylic acids is 3. The van der Waals surface area contributed by atoms with Gasteiger partial charge < -0.3 is 25.6 Å². The van der Waals surface area contributed by atoms with E-state index in [-0.39, 0.29) is 37.2 Å². The van der Waals surface area contributed by atoms with E-state index in [1.165, 1.54) is 0 Å². The molecule has 3 N–H and O–H groups in total. The number of hydrogen-bond acceptors (Lipinski definition) is 5. The maximum atomic E-state index is 11.9. The van der Waals surface area contributed by atoms with Crippen LogP contribution in [0.3, 0.4) is 0 Å². The average Bonchev–Trinajstić information content (AvgIpc) is 2.78. The first-order valence-electron chi connectivity index (χ1n) is 8.23. The summed E-state index contributed by atoms with van der Waals surface area (Å²) in [5.74, 6) is 0.322. The zero-order valence-electron chi connectivity index (χ0n) is 15.1. The second-order valence-corrected chi connectivity index (χ2v) is 6.93. The van der Waals surface area contributed by atoms with Crippen molar-refractivity contribution < 1.29 is 19.1 Å². The second-order valence-electron chi connectivity index (χ2n) is 6.93. The normalized spacial score (nSPS) is 18.8. The van der Waals surface area contributed by atoms with Crippen LogP contribution in [-0.2, 0) is 9.53 Å². The standard InChI is InChI=1S/C15H26N6O4/c1-15(2,3)25-14(24)20-8-10(9-20)19-12(16-4)17-5-6-21-11(22)7-18-13(21)23/h10H,5-9H2,1-4H3,(H,18,23)(H2,16,17,19). The zero-order chi connectivity index (χ0) is 18.6. The van der Waals surface area contributed by atoms with Crippen molar-refractivity contribution in [2.24, 2.45) is 4.99 Å². The first kappa shape index (κ1) is 18.8. The largest absolute Gasteiger partial charge is 0.444 e. The molecule has 2 fully saturated rings. The van der Waals surface area contributed by atoms with Gasteiger partial charge in [0.1, 0.15) is 5.60 Å². The van der Waals surface area contributed by atoms with Crippen LogP contribution in [0.5, 0.6) is 0 Å². The minimum atomic E-state index is -0.507. The molecule has 0 aliphatic carbocycles. The van der Waals surface area contributed by atoms with Crippen LogP contribution in [0, 0.1) is 0 Å². The maximum absolute atomic E-state index is 11.9. The third-order valence-electron chi connectivity index (χ3n) is 3.66. The van der Waals surface area contributed by atoms with Gasteiger partial charge in [-0.25, -0.2) is 9.59 Å². The van der Waals surface area contributed by atoms with Crippen molar-refractivity contribution >= 4 is 24.0 Å². The Morgan fingerprint density at radius 3 is 2.56 bits per heavy atom. The van der Waals surface area contributed by atoms with Gasteiger partial charge in [-0.2, -0.15) is 0 Å². The van der Waals surface area contributed by atoms with E-state index in [4.69, 9.17) is 4.74 Å². The number of urea groups is 1. The summed E-state index contributed by atoms with van der Waals surface area (Å²) in [6.45, 7) is 7.26. The van der Waals surface area contributed by atoms with Gasteiger partial charge in [-0.05, 0) is 20.8 Å². The molecule has 0 radical (unpaired) electrons. The van der Waals surface area contributed by atoms with Crippen molar-refractivity contribution in [3.63, 3.8) is 0 Å². The van der Waals surface area contributed by atoms with Crippen LogP contribution in [0.4, 0.5) is 9.59 Å². The molecule has 0 spiro atoms. The van der Waals surface area contributed by atoms with Crippen molar-refractivity contribution in [3.8, 4) is 0 Å². The summed E-state index contributed by atoms with van der Waals surface area (Å²) in [5.41, 5.74) is -0.507. The summed E-state index contributed by atoms with van der Waals surface area (Å²) in [4.78, 5) is 41.7. The fourth-order valence-electron chi connectivity index (χ4n) is 2.40. The van der Waals surface area contributed by atoms with Crippen molar-refractivity contribution in [2.45, 2.75) is 32.4 Å². The number of imide groups is 1. The van der Waals surface area contributed by atoms with E-state index in [1.54, 1.807) is 11.9 Å². The topological polar surface area (TPSA) is 115 Å². The Morgan fingerprint density at radius 2 is 2.04 bits per heavy atom. The average molecular weight is 354 g/mol. The Labute approximate surface area is 146 Å². The molecule has 2 aliphatic rings. The van der Waals surface area contributed by atoms with Gasteiger partial charge in [0.2, 0.25) is 5.91 Å². The molecule has 2 aliphatic heterocycles. The fourth-order valence-corrected chi connectivity index (χ4v) is 2.40. The van der Waals surface area contributed by atoms with Crippen molar-refractivity contribution in [3.05, 3.63) is 0 Å². The molecule has 2 saturated heterocycles. The highest BCUT2D eigenvalue weighted by Crippen LogP contribution is 2.15. The number of guanidine groups is 1. The predicted octanol–water partition coefficient (Wildman–Crippen LogP) is -0.677. The van der Waals surface area contributed by atoms with Crippen LogP contribution in [0.1, 0.15) is 20.8 Å². The van der Waals surface area contributed by atoms with Crippen LogP contribution < -0.4 is 16.0 Å². The number of aliphatic imine (C=N–C) groups is 1. The smallest absolute Gasteiger partial charge is 0.410 e. The molecule has 0 aromatic rings. The third kappa shape index (κ3) is 5.23. The predicted molar refractivity (Wildman–Crippen MR) is 91.2 cm³/mol. The number of nitrogens with one attached hydrogen (secondary N) is 3. The Bertz CT molecular complexity index is 549. The van der Waals surface area contributed by atoms with Crippen LogP contribution in [0.15, 0.2) is 4.99 Å². The SMILES string of the molecule is CN=C(NCCN1C(=O)CNC1=O)NC1CN(C(=O)OC(C)(C)C)C1. The van der Waals surface area contributed by atoms with Crippen molar-refractivity contribution in [1.29, 1.82) is 0 Å². The highest BCUT2D eigenvalue weighted by atomic mass is 16.6. The van der Waals surface area contributed by atoms with Gasteiger partial charge in [0.05, 0.1) is 12.6 Å². The molecule has 0 aromatic carbocycles. The van der Waals surface area contributed by atoms with E-state index in [1.807, 2.05) is 20.8 Å². The van der Waals surface area contributed by atoms with E-state index >= 15 is 0 Å². The Balaban J connectivity index is 1.67. The fraction of sp³-hybridized carbons (Fsp3) is 0.733. The molecule has 2 rings (SSSR count). The number of likely N-dealkylation sites (tertiary alicyclic amines) is 1.